The van der Waals surface area contributed by atoms with Gasteiger partial charge >= 0.3 is 0 Å². The van der Waals surface area contributed by atoms with Crippen LogP contribution in [0.2, 0.25) is 0 Å². The van der Waals surface area contributed by atoms with Crippen molar-refractivity contribution in [1.82, 2.24) is 10.0 Å². The zero-order valence-corrected chi connectivity index (χ0v) is 12.3. The van der Waals surface area contributed by atoms with Crippen LogP contribution in [0.5, 0.6) is 0 Å². The lowest BCUT2D eigenvalue weighted by Gasteiger charge is -2.10. The molecule has 1 unspecified atom stereocenters. The van der Waals surface area contributed by atoms with Gasteiger partial charge in [0.05, 0.1) is 17.3 Å². The van der Waals surface area contributed by atoms with Crippen molar-refractivity contribution in [3.05, 3.63) is 0 Å². The second kappa shape index (κ2) is 6.83. The Morgan fingerprint density at radius 2 is 2.06 bits per heavy atom. The lowest BCUT2D eigenvalue weighted by atomic mass is 10.1. The maximum atomic E-state index is 11.6. The van der Waals surface area contributed by atoms with E-state index < -0.39 is 19.9 Å². The molecule has 0 saturated carbocycles. The molecular weight excluding hydrogens is 276 g/mol. The summed E-state index contributed by atoms with van der Waals surface area (Å²) in [7, 11) is -6.20. The zero-order valence-electron chi connectivity index (χ0n) is 10.7. The minimum atomic E-state index is -3.27. The molecule has 1 aliphatic rings. The molecule has 1 aliphatic heterocycles. The summed E-state index contributed by atoms with van der Waals surface area (Å²) in [5, 5.41) is 3.06. The van der Waals surface area contributed by atoms with Gasteiger partial charge < -0.3 is 5.32 Å². The quantitative estimate of drug-likeness (QED) is 0.580. The molecule has 6 nitrogen and oxygen atoms in total. The van der Waals surface area contributed by atoms with Gasteiger partial charge in [0, 0.05) is 6.54 Å². The Labute approximate surface area is 110 Å². The van der Waals surface area contributed by atoms with Gasteiger partial charge in [-0.2, -0.15) is 0 Å². The molecule has 0 spiro atoms. The van der Waals surface area contributed by atoms with Crippen molar-refractivity contribution in [2.75, 3.05) is 36.9 Å². The molecule has 0 aliphatic carbocycles. The number of hydrogen-bond donors (Lipinski definition) is 2. The highest BCUT2D eigenvalue weighted by Crippen LogP contribution is 2.17. The standard InChI is InChI=1S/C10H22N2O4S2/c1-2-11-5-3-6-18(15,16)12-8-10-4-7-17(13,14)9-10/h10-12H,2-9H2,1H3. The molecule has 1 atom stereocenters. The van der Waals surface area contributed by atoms with E-state index in [1.54, 1.807) is 0 Å². The first-order chi connectivity index (χ1) is 8.35. The second-order valence-electron chi connectivity index (χ2n) is 4.64. The molecule has 0 amide bonds. The topological polar surface area (TPSA) is 92.3 Å². The Kier molecular flexibility index (Phi) is 6.03. The highest BCUT2D eigenvalue weighted by molar-refractivity contribution is 7.91. The molecule has 0 aromatic heterocycles. The van der Waals surface area contributed by atoms with Gasteiger partial charge in [0.15, 0.2) is 9.84 Å². The van der Waals surface area contributed by atoms with Crippen LogP contribution < -0.4 is 10.0 Å². The summed E-state index contributed by atoms with van der Waals surface area (Å²) in [6, 6.07) is 0. The van der Waals surface area contributed by atoms with Crippen LogP contribution in [-0.2, 0) is 19.9 Å². The van der Waals surface area contributed by atoms with E-state index in [-0.39, 0.29) is 29.7 Å². The maximum Gasteiger partial charge on any atom is 0.211 e. The summed E-state index contributed by atoms with van der Waals surface area (Å²) >= 11 is 0. The summed E-state index contributed by atoms with van der Waals surface area (Å²) in [5.74, 6) is 0.296. The van der Waals surface area contributed by atoms with Crippen molar-refractivity contribution < 1.29 is 16.8 Å². The Morgan fingerprint density at radius 3 is 2.61 bits per heavy atom. The van der Waals surface area contributed by atoms with Gasteiger partial charge in [0.1, 0.15) is 0 Å². The first-order valence-corrected chi connectivity index (χ1v) is 9.70. The predicted molar refractivity (Wildman–Crippen MR) is 71.7 cm³/mol. The van der Waals surface area contributed by atoms with Gasteiger partial charge in [-0.05, 0) is 31.8 Å². The fourth-order valence-corrected chi connectivity index (χ4v) is 4.93. The number of rotatable bonds is 8. The summed E-state index contributed by atoms with van der Waals surface area (Å²) in [5.41, 5.74) is 0. The van der Waals surface area contributed by atoms with Crippen LogP contribution in [-0.4, -0.2) is 53.7 Å². The van der Waals surface area contributed by atoms with Crippen molar-refractivity contribution in [2.45, 2.75) is 19.8 Å². The minimum absolute atomic E-state index is 0.0708. The average Bonchev–Trinajstić information content (AvgIpc) is 2.62. The average molecular weight is 298 g/mol. The predicted octanol–water partition coefficient (Wildman–Crippen LogP) is -0.660. The number of hydrogen-bond acceptors (Lipinski definition) is 5. The Hall–Kier alpha value is -0.180. The van der Waals surface area contributed by atoms with E-state index in [0.29, 0.717) is 19.4 Å². The van der Waals surface area contributed by atoms with Crippen molar-refractivity contribution in [3.8, 4) is 0 Å². The van der Waals surface area contributed by atoms with Crippen molar-refractivity contribution >= 4 is 19.9 Å². The van der Waals surface area contributed by atoms with Crippen molar-refractivity contribution in [2.24, 2.45) is 5.92 Å². The maximum absolute atomic E-state index is 11.6. The SMILES string of the molecule is CCNCCCS(=O)(=O)NCC1CCS(=O)(=O)C1. The van der Waals surface area contributed by atoms with Crippen molar-refractivity contribution in [3.63, 3.8) is 0 Å². The smallest absolute Gasteiger partial charge is 0.211 e. The summed E-state index contributed by atoms with van der Waals surface area (Å²) in [6.45, 7) is 3.71. The van der Waals surface area contributed by atoms with Crippen LogP contribution >= 0.6 is 0 Å². The van der Waals surface area contributed by atoms with Crippen LogP contribution in [0.15, 0.2) is 0 Å². The summed E-state index contributed by atoms with van der Waals surface area (Å²) < 4.78 is 48.2. The Bertz CT molecular complexity index is 444. The molecular formula is C10H22N2O4S2. The van der Waals surface area contributed by atoms with Gasteiger partial charge in [-0.25, -0.2) is 21.6 Å². The summed E-state index contributed by atoms with van der Waals surface area (Å²) in [6.07, 6.45) is 1.12. The lowest BCUT2D eigenvalue weighted by Crippen LogP contribution is -2.32. The second-order valence-corrected chi connectivity index (χ2v) is 8.80. The number of sulfonamides is 1. The van der Waals surface area contributed by atoms with Gasteiger partial charge in [0.25, 0.3) is 0 Å². The molecule has 108 valence electrons. The van der Waals surface area contributed by atoms with Crippen LogP contribution in [0.25, 0.3) is 0 Å². The molecule has 0 bridgehead atoms. The Morgan fingerprint density at radius 1 is 1.33 bits per heavy atom. The highest BCUT2D eigenvalue weighted by atomic mass is 32.2. The van der Waals surface area contributed by atoms with Crippen LogP contribution in [0, 0.1) is 5.92 Å². The third-order valence-corrected chi connectivity index (χ3v) is 6.20. The monoisotopic (exact) mass is 298 g/mol. The normalized spacial score (nSPS) is 23.3. The fraction of sp³-hybridized carbons (Fsp3) is 1.00. The van der Waals surface area contributed by atoms with Crippen LogP contribution in [0.1, 0.15) is 19.8 Å². The molecule has 18 heavy (non-hydrogen) atoms. The minimum Gasteiger partial charge on any atom is -0.317 e. The van der Waals surface area contributed by atoms with E-state index in [1.165, 1.54) is 0 Å². The Balaban J connectivity index is 2.25. The lowest BCUT2D eigenvalue weighted by molar-refractivity contribution is 0.540. The molecule has 1 saturated heterocycles. The van der Waals surface area contributed by atoms with E-state index in [0.717, 1.165) is 6.54 Å². The van der Waals surface area contributed by atoms with E-state index in [4.69, 9.17) is 0 Å². The summed E-state index contributed by atoms with van der Waals surface area (Å²) in [4.78, 5) is 0. The molecule has 1 heterocycles. The van der Waals surface area contributed by atoms with Crippen LogP contribution in [0.4, 0.5) is 0 Å². The third kappa shape index (κ3) is 6.12. The molecule has 0 aromatic carbocycles. The van der Waals surface area contributed by atoms with Gasteiger partial charge in [-0.1, -0.05) is 6.92 Å². The first-order valence-electron chi connectivity index (χ1n) is 6.23. The van der Waals surface area contributed by atoms with Gasteiger partial charge in [-0.15, -0.1) is 0 Å². The third-order valence-electron chi connectivity index (χ3n) is 2.94. The number of nitrogens with one attached hydrogen (secondary N) is 2. The molecule has 2 N–H and O–H groups in total. The zero-order chi connectivity index (χ0) is 13.6. The van der Waals surface area contributed by atoms with Crippen LogP contribution in [0.3, 0.4) is 0 Å². The van der Waals surface area contributed by atoms with E-state index in [1.807, 2.05) is 6.92 Å². The van der Waals surface area contributed by atoms with E-state index in [2.05, 4.69) is 10.0 Å². The molecule has 0 radical (unpaired) electrons. The van der Waals surface area contributed by atoms with Gasteiger partial charge in [-0.3, -0.25) is 0 Å². The first kappa shape index (κ1) is 15.9. The molecule has 8 heteroatoms. The molecule has 0 aromatic rings. The largest absolute Gasteiger partial charge is 0.317 e. The molecule has 1 rings (SSSR count). The number of sulfone groups is 1. The highest BCUT2D eigenvalue weighted by Gasteiger charge is 2.28. The van der Waals surface area contributed by atoms with Crippen molar-refractivity contribution in [1.29, 1.82) is 0 Å². The molecule has 1 fully saturated rings. The van der Waals surface area contributed by atoms with Gasteiger partial charge in [0.2, 0.25) is 10.0 Å². The van der Waals surface area contributed by atoms with E-state index in [9.17, 15) is 16.8 Å². The van der Waals surface area contributed by atoms with E-state index >= 15 is 0 Å². The fourth-order valence-electron chi connectivity index (χ4n) is 1.91.